The number of hydrogen-bond donors (Lipinski definition) is 2. The molecule has 37 heavy (non-hydrogen) atoms. The molecule has 0 radical (unpaired) electrons. The van der Waals surface area contributed by atoms with Gasteiger partial charge in [-0.2, -0.15) is 0 Å². The molecule has 9 heteroatoms. The molecule has 2 N–H and O–H groups in total. The monoisotopic (exact) mass is 520 g/mol. The number of nitrogens with one attached hydrogen (secondary N) is 2. The van der Waals surface area contributed by atoms with Crippen molar-refractivity contribution < 1.29 is 33.3 Å². The first-order chi connectivity index (χ1) is 17.2. The highest BCUT2D eigenvalue weighted by atomic mass is 16.7. The SMILES string of the molecule is CC(/C=C/[C@@H]1C[C@]2(CO2)CC(C)(C)O1)=C\CC1OCC(NC(=O)/C=C\[C@H](C)OC(=O)NC(C)(C)C)CO1. The van der Waals surface area contributed by atoms with Crippen LogP contribution < -0.4 is 10.6 Å². The summed E-state index contributed by atoms with van der Waals surface area (Å²) in [6.45, 7) is 15.1. The second kappa shape index (κ2) is 12.1. The molecular weight excluding hydrogens is 476 g/mol. The van der Waals surface area contributed by atoms with Crippen LogP contribution >= 0.6 is 0 Å². The van der Waals surface area contributed by atoms with Crippen LogP contribution in [-0.2, 0) is 28.5 Å². The van der Waals surface area contributed by atoms with E-state index in [9.17, 15) is 9.59 Å². The Kier molecular flexibility index (Phi) is 9.61. The van der Waals surface area contributed by atoms with Gasteiger partial charge in [0.25, 0.3) is 0 Å². The zero-order valence-electron chi connectivity index (χ0n) is 23.3. The van der Waals surface area contributed by atoms with E-state index in [0.29, 0.717) is 19.6 Å². The molecule has 0 aromatic carbocycles. The summed E-state index contributed by atoms with van der Waals surface area (Å²) in [4.78, 5) is 24.0. The van der Waals surface area contributed by atoms with Crippen molar-refractivity contribution in [2.75, 3.05) is 19.8 Å². The highest BCUT2D eigenvalue weighted by Crippen LogP contribution is 2.46. The van der Waals surface area contributed by atoms with Gasteiger partial charge in [0.2, 0.25) is 5.91 Å². The number of epoxide rings is 1. The Morgan fingerprint density at radius 1 is 1.16 bits per heavy atom. The predicted octanol–water partition coefficient (Wildman–Crippen LogP) is 3.93. The molecule has 3 heterocycles. The van der Waals surface area contributed by atoms with E-state index >= 15 is 0 Å². The van der Waals surface area contributed by atoms with Gasteiger partial charge < -0.3 is 34.3 Å². The van der Waals surface area contributed by atoms with Gasteiger partial charge >= 0.3 is 6.09 Å². The van der Waals surface area contributed by atoms with E-state index in [1.165, 1.54) is 12.2 Å². The minimum absolute atomic E-state index is 0.00847. The van der Waals surface area contributed by atoms with Crippen molar-refractivity contribution >= 4 is 12.0 Å². The fourth-order valence-corrected chi connectivity index (χ4v) is 4.52. The molecule has 3 fully saturated rings. The number of hydrogen-bond acceptors (Lipinski definition) is 7. The summed E-state index contributed by atoms with van der Waals surface area (Å²) in [6, 6.07) is -0.248. The average molecular weight is 521 g/mol. The van der Waals surface area contributed by atoms with Gasteiger partial charge in [0.05, 0.1) is 43.2 Å². The molecule has 208 valence electrons. The first-order valence-corrected chi connectivity index (χ1v) is 13.1. The third-order valence-electron chi connectivity index (χ3n) is 6.15. The second-order valence-electron chi connectivity index (χ2n) is 12.0. The third-order valence-corrected chi connectivity index (χ3v) is 6.15. The minimum atomic E-state index is -0.542. The van der Waals surface area contributed by atoms with E-state index < -0.39 is 17.7 Å². The van der Waals surface area contributed by atoms with E-state index in [4.69, 9.17) is 23.7 Å². The van der Waals surface area contributed by atoms with Crippen LogP contribution in [0.2, 0.25) is 0 Å². The Morgan fingerprint density at radius 3 is 2.46 bits per heavy atom. The van der Waals surface area contributed by atoms with Crippen molar-refractivity contribution in [3.05, 3.63) is 36.0 Å². The summed E-state index contributed by atoms with van der Waals surface area (Å²) in [6.07, 6.45) is 10.2. The topological polar surface area (TPSA) is 108 Å². The maximum absolute atomic E-state index is 12.2. The molecule has 9 nitrogen and oxygen atoms in total. The molecule has 3 aliphatic rings. The van der Waals surface area contributed by atoms with Crippen LogP contribution in [0.5, 0.6) is 0 Å². The summed E-state index contributed by atoms with van der Waals surface area (Å²) < 4.78 is 28.7. The number of carbonyl (C=O) groups excluding carboxylic acids is 2. The lowest BCUT2D eigenvalue weighted by atomic mass is 9.85. The molecule has 3 saturated heterocycles. The third kappa shape index (κ3) is 10.6. The highest BCUT2D eigenvalue weighted by Gasteiger charge is 2.53. The average Bonchev–Trinajstić information content (AvgIpc) is 3.50. The predicted molar refractivity (Wildman–Crippen MR) is 140 cm³/mol. The maximum atomic E-state index is 12.2. The van der Waals surface area contributed by atoms with Crippen LogP contribution in [0.15, 0.2) is 36.0 Å². The van der Waals surface area contributed by atoms with Gasteiger partial charge in [-0.05, 0) is 54.5 Å². The van der Waals surface area contributed by atoms with Crippen LogP contribution in [-0.4, -0.2) is 73.1 Å². The Hall–Kier alpha value is -2.20. The molecule has 3 aliphatic heterocycles. The molecule has 1 spiro atoms. The molecule has 0 aromatic heterocycles. The normalized spacial score (nSPS) is 30.9. The molecular formula is C28H44N2O7. The summed E-state index contributed by atoms with van der Waals surface area (Å²) in [5.74, 6) is -0.297. The first-order valence-electron chi connectivity index (χ1n) is 13.1. The van der Waals surface area contributed by atoms with E-state index in [1.54, 1.807) is 6.92 Å². The standard InChI is InChI=1S/C28H44N2O7/c1-19(8-11-22-14-28(18-35-28)17-27(6,7)37-22)9-13-24-33-15-21(16-34-24)29-23(31)12-10-20(2)36-25(32)30-26(3,4)5/h8-12,20-22,24H,13-18H2,1-7H3,(H,29,31)(H,30,32)/b11-8+,12-10-,19-9+/t20-,21?,22+,24?,28+/m0/s1. The Bertz CT molecular complexity index is 885. The lowest BCUT2D eigenvalue weighted by molar-refractivity contribution is -0.187. The number of rotatable bonds is 8. The van der Waals surface area contributed by atoms with Gasteiger partial charge in [-0.1, -0.05) is 23.8 Å². The van der Waals surface area contributed by atoms with Crippen molar-refractivity contribution in [2.45, 2.75) is 109 Å². The van der Waals surface area contributed by atoms with Crippen LogP contribution in [0, 0.1) is 0 Å². The van der Waals surface area contributed by atoms with E-state index in [-0.39, 0.29) is 35.5 Å². The van der Waals surface area contributed by atoms with Gasteiger partial charge in [0, 0.05) is 30.9 Å². The van der Waals surface area contributed by atoms with Crippen molar-refractivity contribution in [3.63, 3.8) is 0 Å². The lowest BCUT2D eigenvalue weighted by Crippen LogP contribution is -2.46. The number of allylic oxidation sites excluding steroid dienone is 2. The lowest BCUT2D eigenvalue weighted by Gasteiger charge is -2.38. The van der Waals surface area contributed by atoms with Gasteiger partial charge in [0.1, 0.15) is 6.10 Å². The largest absolute Gasteiger partial charge is 0.442 e. The summed E-state index contributed by atoms with van der Waals surface area (Å²) in [7, 11) is 0. The summed E-state index contributed by atoms with van der Waals surface area (Å²) in [5, 5.41) is 5.55. The van der Waals surface area contributed by atoms with Gasteiger partial charge in [-0.25, -0.2) is 4.79 Å². The van der Waals surface area contributed by atoms with E-state index in [0.717, 1.165) is 25.0 Å². The van der Waals surface area contributed by atoms with Gasteiger partial charge in [0.15, 0.2) is 6.29 Å². The molecule has 0 unspecified atom stereocenters. The quantitative estimate of drug-likeness (QED) is 0.284. The smallest absolute Gasteiger partial charge is 0.408 e. The molecule has 0 aliphatic carbocycles. The van der Waals surface area contributed by atoms with Crippen molar-refractivity contribution in [1.82, 2.24) is 10.6 Å². The number of ether oxygens (including phenoxy) is 5. The van der Waals surface area contributed by atoms with Gasteiger partial charge in [-0.15, -0.1) is 0 Å². The van der Waals surface area contributed by atoms with Gasteiger partial charge in [-0.3, -0.25) is 4.79 Å². The minimum Gasteiger partial charge on any atom is -0.442 e. The van der Waals surface area contributed by atoms with Crippen LogP contribution in [0.3, 0.4) is 0 Å². The Morgan fingerprint density at radius 2 is 1.84 bits per heavy atom. The zero-order valence-corrected chi connectivity index (χ0v) is 23.3. The fourth-order valence-electron chi connectivity index (χ4n) is 4.52. The van der Waals surface area contributed by atoms with Crippen LogP contribution in [0.1, 0.15) is 67.7 Å². The van der Waals surface area contributed by atoms with E-state index in [1.807, 2.05) is 27.7 Å². The molecule has 0 saturated carbocycles. The van der Waals surface area contributed by atoms with Crippen LogP contribution in [0.25, 0.3) is 0 Å². The van der Waals surface area contributed by atoms with Crippen LogP contribution in [0.4, 0.5) is 4.79 Å². The first kappa shape index (κ1) is 29.4. The second-order valence-corrected chi connectivity index (χ2v) is 12.0. The number of amides is 2. The fraction of sp³-hybridized carbons (Fsp3) is 0.714. The molecule has 3 rings (SSSR count). The number of carbonyl (C=O) groups is 2. The molecule has 2 amide bonds. The van der Waals surface area contributed by atoms with Crippen molar-refractivity contribution in [1.29, 1.82) is 0 Å². The molecule has 0 bridgehead atoms. The molecule has 0 aromatic rings. The van der Waals surface area contributed by atoms with Crippen molar-refractivity contribution in [3.8, 4) is 0 Å². The van der Waals surface area contributed by atoms with Crippen molar-refractivity contribution in [2.24, 2.45) is 0 Å². The summed E-state index contributed by atoms with van der Waals surface area (Å²) >= 11 is 0. The highest BCUT2D eigenvalue weighted by molar-refractivity contribution is 5.87. The molecule has 3 atom stereocenters. The Labute approximate surface area is 220 Å². The Balaban J connectivity index is 1.34. The summed E-state index contributed by atoms with van der Waals surface area (Å²) in [5.41, 5.74) is 0.548. The maximum Gasteiger partial charge on any atom is 0.408 e. The zero-order chi connectivity index (χ0) is 27.3. The number of alkyl carbamates (subject to hydrolysis) is 1. The van der Waals surface area contributed by atoms with E-state index in [2.05, 4.69) is 42.7 Å².